The Hall–Kier alpha value is -1.86. The van der Waals surface area contributed by atoms with Crippen LogP contribution in [0.4, 0.5) is 4.79 Å². The first kappa shape index (κ1) is 18.5. The van der Waals surface area contributed by atoms with Crippen molar-refractivity contribution in [3.8, 4) is 0 Å². The molecule has 130 valence electrons. The summed E-state index contributed by atoms with van der Waals surface area (Å²) in [6.45, 7) is 3.82. The molecule has 1 heterocycles. The lowest BCUT2D eigenvalue weighted by Crippen LogP contribution is -2.42. The maximum Gasteiger partial charge on any atom is 0.315 e. The topological polar surface area (TPSA) is 75.3 Å². The number of sulfone groups is 1. The molecule has 0 fully saturated rings. The van der Waals surface area contributed by atoms with Crippen molar-refractivity contribution < 1.29 is 13.2 Å². The van der Waals surface area contributed by atoms with Crippen LogP contribution in [-0.4, -0.2) is 26.7 Å². The molecule has 1 aromatic heterocycles. The number of thiophene rings is 1. The molecular weight excluding hydrogens is 344 g/mol. The monoisotopic (exact) mass is 366 g/mol. The molecular formula is C17H22N2O3S2. The van der Waals surface area contributed by atoms with Crippen LogP contribution in [0.3, 0.4) is 0 Å². The maximum absolute atomic E-state index is 12.1. The number of nitrogens with one attached hydrogen (secondary N) is 2. The van der Waals surface area contributed by atoms with E-state index in [1.165, 1.54) is 11.8 Å². The Morgan fingerprint density at radius 3 is 2.33 bits per heavy atom. The Morgan fingerprint density at radius 1 is 1.12 bits per heavy atom. The number of carbonyl (C=O) groups excluding carboxylic acids is 1. The van der Waals surface area contributed by atoms with Gasteiger partial charge in [-0.25, -0.2) is 13.2 Å². The van der Waals surface area contributed by atoms with E-state index in [9.17, 15) is 13.2 Å². The van der Waals surface area contributed by atoms with E-state index in [1.54, 1.807) is 35.6 Å². The van der Waals surface area contributed by atoms with Gasteiger partial charge < -0.3 is 10.6 Å². The van der Waals surface area contributed by atoms with Crippen LogP contribution in [0.5, 0.6) is 0 Å². The second kappa shape index (κ2) is 7.81. The summed E-state index contributed by atoms with van der Waals surface area (Å²) >= 11 is 1.64. The summed E-state index contributed by atoms with van der Waals surface area (Å²) in [4.78, 5) is 12.3. The van der Waals surface area contributed by atoms with Crippen LogP contribution >= 0.6 is 11.3 Å². The first-order chi connectivity index (χ1) is 11.3. The molecule has 0 aliphatic carbocycles. The second-order valence-electron chi connectivity index (χ2n) is 5.92. The Bertz CT molecular complexity index is 769. The lowest BCUT2D eigenvalue weighted by molar-refractivity contribution is 0.234. The van der Waals surface area contributed by atoms with Crippen molar-refractivity contribution in [3.63, 3.8) is 0 Å². The van der Waals surface area contributed by atoms with Crippen molar-refractivity contribution in [3.05, 3.63) is 52.2 Å². The molecule has 0 spiro atoms. The summed E-state index contributed by atoms with van der Waals surface area (Å²) in [6.07, 6.45) is 1.96. The average Bonchev–Trinajstić information content (AvgIpc) is 2.98. The fraction of sp³-hybridized carbons (Fsp3) is 0.353. The van der Waals surface area contributed by atoms with E-state index in [2.05, 4.69) is 16.0 Å². The van der Waals surface area contributed by atoms with E-state index in [-0.39, 0.29) is 23.0 Å². The van der Waals surface area contributed by atoms with Gasteiger partial charge in [0.1, 0.15) is 0 Å². The Kier molecular flexibility index (Phi) is 6.01. The van der Waals surface area contributed by atoms with Crippen LogP contribution in [0, 0.1) is 0 Å². The van der Waals surface area contributed by atoms with Gasteiger partial charge in [0, 0.05) is 12.3 Å². The highest BCUT2D eigenvalue weighted by Crippen LogP contribution is 2.16. The van der Waals surface area contributed by atoms with Crippen molar-refractivity contribution >= 4 is 27.2 Å². The van der Waals surface area contributed by atoms with E-state index in [0.29, 0.717) is 0 Å². The normalized spacial score (nSPS) is 14.0. The largest absolute Gasteiger partial charge is 0.335 e. The van der Waals surface area contributed by atoms with Gasteiger partial charge in [-0.1, -0.05) is 12.1 Å². The van der Waals surface area contributed by atoms with Gasteiger partial charge in [0.25, 0.3) is 0 Å². The molecule has 2 N–H and O–H groups in total. The van der Waals surface area contributed by atoms with Gasteiger partial charge in [-0.2, -0.15) is 11.3 Å². The number of hydrogen-bond acceptors (Lipinski definition) is 4. The molecule has 0 saturated carbocycles. The molecule has 7 heteroatoms. The molecule has 24 heavy (non-hydrogen) atoms. The maximum atomic E-state index is 12.1. The first-order valence-corrected chi connectivity index (χ1v) is 10.5. The predicted molar refractivity (Wildman–Crippen MR) is 97.1 cm³/mol. The van der Waals surface area contributed by atoms with E-state index >= 15 is 0 Å². The summed E-state index contributed by atoms with van der Waals surface area (Å²) in [6, 6.07) is 8.17. The van der Waals surface area contributed by atoms with Crippen molar-refractivity contribution in [2.45, 2.75) is 37.2 Å². The van der Waals surface area contributed by atoms with Gasteiger partial charge in [-0.05, 0) is 60.4 Å². The van der Waals surface area contributed by atoms with Crippen molar-refractivity contribution in [1.29, 1.82) is 0 Å². The molecule has 2 rings (SSSR count). The minimum Gasteiger partial charge on any atom is -0.335 e. The molecule has 2 amide bonds. The number of carbonyl (C=O) groups is 1. The number of hydrogen-bond donors (Lipinski definition) is 2. The third kappa shape index (κ3) is 5.35. The highest BCUT2D eigenvalue weighted by Gasteiger charge is 2.13. The SMILES string of the molecule is C[C@@H](Cc1ccsc1)NC(=O)N[C@H](C)c1ccc(S(C)(=O)=O)cc1. The van der Waals surface area contributed by atoms with E-state index in [1.807, 2.05) is 25.3 Å². The predicted octanol–water partition coefficient (Wildman–Crippen LogP) is 3.14. The first-order valence-electron chi connectivity index (χ1n) is 7.64. The zero-order valence-electron chi connectivity index (χ0n) is 13.9. The van der Waals surface area contributed by atoms with Crippen LogP contribution in [0.1, 0.15) is 31.0 Å². The summed E-state index contributed by atoms with van der Waals surface area (Å²) in [7, 11) is -3.21. The second-order valence-corrected chi connectivity index (χ2v) is 8.71. The zero-order chi connectivity index (χ0) is 17.7. The quantitative estimate of drug-likeness (QED) is 0.825. The molecule has 1 aromatic carbocycles. The number of amides is 2. The summed E-state index contributed by atoms with van der Waals surface area (Å²) in [5.74, 6) is 0. The van der Waals surface area contributed by atoms with Gasteiger partial charge in [0.05, 0.1) is 10.9 Å². The Balaban J connectivity index is 1.89. The summed E-state index contributed by atoms with van der Waals surface area (Å²) < 4.78 is 22.9. The molecule has 0 aliphatic heterocycles. The zero-order valence-corrected chi connectivity index (χ0v) is 15.6. The number of urea groups is 1. The van der Waals surface area contributed by atoms with Crippen molar-refractivity contribution in [1.82, 2.24) is 10.6 Å². The molecule has 5 nitrogen and oxygen atoms in total. The molecule has 0 radical (unpaired) electrons. The Labute approximate surface area is 147 Å². The third-order valence-corrected chi connectivity index (χ3v) is 5.52. The van der Waals surface area contributed by atoms with Crippen LogP contribution in [0.25, 0.3) is 0 Å². The minimum absolute atomic E-state index is 0.0272. The molecule has 0 unspecified atom stereocenters. The number of benzene rings is 1. The third-order valence-electron chi connectivity index (χ3n) is 3.66. The minimum atomic E-state index is -3.21. The van der Waals surface area contributed by atoms with Gasteiger partial charge in [0.15, 0.2) is 9.84 Å². The lowest BCUT2D eigenvalue weighted by atomic mass is 10.1. The van der Waals surface area contributed by atoms with E-state index in [4.69, 9.17) is 0 Å². The van der Waals surface area contributed by atoms with Crippen molar-refractivity contribution in [2.24, 2.45) is 0 Å². The number of rotatable bonds is 6. The van der Waals surface area contributed by atoms with Gasteiger partial charge >= 0.3 is 6.03 Å². The highest BCUT2D eigenvalue weighted by molar-refractivity contribution is 7.90. The fourth-order valence-electron chi connectivity index (χ4n) is 2.36. The lowest BCUT2D eigenvalue weighted by Gasteiger charge is -2.18. The van der Waals surface area contributed by atoms with Crippen LogP contribution < -0.4 is 10.6 Å². The average molecular weight is 367 g/mol. The fourth-order valence-corrected chi connectivity index (χ4v) is 3.67. The standard InChI is InChI=1S/C17H22N2O3S2/c1-12(10-14-8-9-23-11-14)18-17(20)19-13(2)15-4-6-16(7-5-15)24(3,21)22/h4-9,11-13H,10H2,1-3H3,(H2,18,19,20)/t12-,13+/m0/s1. The highest BCUT2D eigenvalue weighted by atomic mass is 32.2. The van der Waals surface area contributed by atoms with Crippen LogP contribution in [-0.2, 0) is 16.3 Å². The summed E-state index contributed by atoms with van der Waals surface area (Å²) in [5, 5.41) is 9.87. The molecule has 0 bridgehead atoms. The van der Waals surface area contributed by atoms with Crippen LogP contribution in [0.2, 0.25) is 0 Å². The molecule has 2 atom stereocenters. The van der Waals surface area contributed by atoms with Crippen LogP contribution in [0.15, 0.2) is 46.0 Å². The molecule has 0 aliphatic rings. The Morgan fingerprint density at radius 2 is 1.79 bits per heavy atom. The van der Waals surface area contributed by atoms with Crippen molar-refractivity contribution in [2.75, 3.05) is 6.26 Å². The van der Waals surface area contributed by atoms with Gasteiger partial charge in [-0.15, -0.1) is 0 Å². The smallest absolute Gasteiger partial charge is 0.315 e. The van der Waals surface area contributed by atoms with E-state index in [0.717, 1.165) is 12.0 Å². The molecule has 2 aromatic rings. The van der Waals surface area contributed by atoms with Gasteiger partial charge in [-0.3, -0.25) is 0 Å². The van der Waals surface area contributed by atoms with Gasteiger partial charge in [0.2, 0.25) is 0 Å². The summed E-state index contributed by atoms with van der Waals surface area (Å²) in [5.41, 5.74) is 2.06. The van der Waals surface area contributed by atoms with E-state index < -0.39 is 9.84 Å². The molecule has 0 saturated heterocycles.